The van der Waals surface area contributed by atoms with Gasteiger partial charge in [0.2, 0.25) is 11.8 Å². The van der Waals surface area contributed by atoms with E-state index in [0.717, 1.165) is 63.1 Å². The number of piperidine rings is 2. The van der Waals surface area contributed by atoms with E-state index in [1.165, 1.54) is 0 Å². The van der Waals surface area contributed by atoms with Crippen LogP contribution in [0.3, 0.4) is 0 Å². The molecule has 2 amide bonds. The van der Waals surface area contributed by atoms with Crippen molar-refractivity contribution >= 4 is 11.8 Å². The van der Waals surface area contributed by atoms with Gasteiger partial charge in [0, 0.05) is 44.7 Å². The van der Waals surface area contributed by atoms with Crippen LogP contribution in [0.1, 0.15) is 62.9 Å². The van der Waals surface area contributed by atoms with Crippen LogP contribution >= 0.6 is 0 Å². The summed E-state index contributed by atoms with van der Waals surface area (Å²) < 4.78 is 2.08. The molecule has 1 aromatic rings. The molecule has 0 N–H and O–H groups in total. The van der Waals surface area contributed by atoms with Crippen LogP contribution in [0.4, 0.5) is 0 Å². The predicted octanol–water partition coefficient (Wildman–Crippen LogP) is 2.45. The van der Waals surface area contributed by atoms with Gasteiger partial charge >= 0.3 is 0 Å². The molecule has 2 aliphatic rings. The summed E-state index contributed by atoms with van der Waals surface area (Å²) in [5.41, 5.74) is 2.19. The summed E-state index contributed by atoms with van der Waals surface area (Å²) in [4.78, 5) is 28.6. The number of carbonyl (C=O) groups is 2. The summed E-state index contributed by atoms with van der Waals surface area (Å²) in [5, 5.41) is 4.60. The molecule has 0 radical (unpaired) electrons. The van der Waals surface area contributed by atoms with Crippen molar-refractivity contribution in [2.24, 2.45) is 0 Å². The van der Waals surface area contributed by atoms with Gasteiger partial charge < -0.3 is 9.80 Å². The number of aryl methyl sites for hydroxylation is 2. The van der Waals surface area contributed by atoms with E-state index < -0.39 is 0 Å². The minimum absolute atomic E-state index is 0.0767. The van der Waals surface area contributed by atoms with Crippen molar-refractivity contribution in [2.45, 2.75) is 71.4 Å². The standard InChI is InChI=1S/C19H30N4O2/c1-14-11-15(2)23(20-14)18-8-6-9-21(13-18)19(25)12-17-7-4-5-10-22(17)16(3)24/h11,17-18H,4-10,12-13H2,1-3H3/t17-,18-/m1/s1. The van der Waals surface area contributed by atoms with E-state index in [2.05, 4.69) is 22.8 Å². The normalized spacial score (nSPS) is 24.4. The SMILES string of the molecule is CC(=O)N1CCCC[C@@H]1CC(=O)N1CCC[C@@H](n2nc(C)cc2C)C1. The second-order valence-corrected chi connectivity index (χ2v) is 7.57. The second-order valence-electron chi connectivity index (χ2n) is 7.57. The van der Waals surface area contributed by atoms with Crippen molar-refractivity contribution in [3.63, 3.8) is 0 Å². The Morgan fingerprint density at radius 2 is 1.96 bits per heavy atom. The molecule has 0 unspecified atom stereocenters. The van der Waals surface area contributed by atoms with Gasteiger partial charge in [0.15, 0.2) is 0 Å². The Labute approximate surface area is 150 Å². The molecular weight excluding hydrogens is 316 g/mol. The summed E-state index contributed by atoms with van der Waals surface area (Å²) in [6.07, 6.45) is 5.64. The third-order valence-electron chi connectivity index (χ3n) is 5.58. The maximum atomic E-state index is 12.9. The lowest BCUT2D eigenvalue weighted by molar-refractivity contribution is -0.138. The number of amides is 2. The fourth-order valence-corrected chi connectivity index (χ4v) is 4.35. The highest BCUT2D eigenvalue weighted by atomic mass is 16.2. The number of nitrogens with zero attached hydrogens (tertiary/aromatic N) is 4. The van der Waals surface area contributed by atoms with Crippen LogP contribution in [-0.2, 0) is 9.59 Å². The molecule has 0 aromatic carbocycles. The Bertz CT molecular complexity index is 639. The highest BCUT2D eigenvalue weighted by Crippen LogP contribution is 2.25. The van der Waals surface area contributed by atoms with E-state index in [-0.39, 0.29) is 23.9 Å². The number of rotatable bonds is 3. The average molecular weight is 346 g/mol. The van der Waals surface area contributed by atoms with Crippen LogP contribution in [0.2, 0.25) is 0 Å². The van der Waals surface area contributed by atoms with E-state index >= 15 is 0 Å². The lowest BCUT2D eigenvalue weighted by Crippen LogP contribution is -2.47. The number of aromatic nitrogens is 2. The van der Waals surface area contributed by atoms with Crippen LogP contribution in [0.25, 0.3) is 0 Å². The quantitative estimate of drug-likeness (QED) is 0.845. The van der Waals surface area contributed by atoms with Crippen molar-refractivity contribution in [2.75, 3.05) is 19.6 Å². The third-order valence-corrected chi connectivity index (χ3v) is 5.58. The lowest BCUT2D eigenvalue weighted by Gasteiger charge is -2.38. The molecule has 0 saturated carbocycles. The molecule has 0 spiro atoms. The van der Waals surface area contributed by atoms with Gasteiger partial charge in [-0.05, 0) is 52.0 Å². The topological polar surface area (TPSA) is 58.4 Å². The molecule has 2 aliphatic heterocycles. The zero-order valence-electron chi connectivity index (χ0n) is 15.7. The van der Waals surface area contributed by atoms with Gasteiger partial charge in [-0.1, -0.05) is 0 Å². The summed E-state index contributed by atoms with van der Waals surface area (Å²) >= 11 is 0. The molecule has 138 valence electrons. The molecule has 1 aromatic heterocycles. The highest BCUT2D eigenvalue weighted by molar-refractivity contribution is 5.79. The summed E-state index contributed by atoms with van der Waals surface area (Å²) in [6, 6.07) is 2.43. The zero-order valence-corrected chi connectivity index (χ0v) is 15.7. The average Bonchev–Trinajstić information content (AvgIpc) is 2.93. The van der Waals surface area contributed by atoms with Crippen molar-refractivity contribution < 1.29 is 9.59 Å². The zero-order chi connectivity index (χ0) is 18.0. The number of hydrogen-bond acceptors (Lipinski definition) is 3. The third kappa shape index (κ3) is 4.05. The van der Waals surface area contributed by atoms with Crippen molar-refractivity contribution in [1.82, 2.24) is 19.6 Å². The second kappa shape index (κ2) is 7.58. The number of likely N-dealkylation sites (tertiary alicyclic amines) is 2. The maximum absolute atomic E-state index is 12.9. The summed E-state index contributed by atoms with van der Waals surface area (Å²) in [6.45, 7) is 8.04. The van der Waals surface area contributed by atoms with E-state index in [1.807, 2.05) is 16.7 Å². The van der Waals surface area contributed by atoms with Crippen LogP contribution in [0.15, 0.2) is 6.07 Å². The van der Waals surface area contributed by atoms with Crippen molar-refractivity contribution in [3.05, 3.63) is 17.5 Å². The first-order valence-corrected chi connectivity index (χ1v) is 9.53. The van der Waals surface area contributed by atoms with E-state index in [9.17, 15) is 9.59 Å². The highest BCUT2D eigenvalue weighted by Gasteiger charge is 2.31. The number of carbonyl (C=O) groups excluding carboxylic acids is 2. The molecule has 2 atom stereocenters. The van der Waals surface area contributed by atoms with Crippen LogP contribution in [-0.4, -0.2) is 57.1 Å². The van der Waals surface area contributed by atoms with Gasteiger partial charge in [0.25, 0.3) is 0 Å². The molecular formula is C19H30N4O2. The van der Waals surface area contributed by atoms with Crippen LogP contribution in [0, 0.1) is 13.8 Å². The van der Waals surface area contributed by atoms with Gasteiger partial charge in [-0.2, -0.15) is 5.10 Å². The Morgan fingerprint density at radius 3 is 2.64 bits per heavy atom. The molecule has 2 fully saturated rings. The lowest BCUT2D eigenvalue weighted by atomic mass is 9.97. The molecule has 6 heteroatoms. The fraction of sp³-hybridized carbons (Fsp3) is 0.737. The fourth-order valence-electron chi connectivity index (χ4n) is 4.35. The maximum Gasteiger partial charge on any atom is 0.224 e. The first-order chi connectivity index (χ1) is 12.0. The molecule has 3 rings (SSSR count). The largest absolute Gasteiger partial charge is 0.340 e. The smallest absolute Gasteiger partial charge is 0.224 e. The summed E-state index contributed by atoms with van der Waals surface area (Å²) in [7, 11) is 0. The van der Waals surface area contributed by atoms with Gasteiger partial charge in [-0.3, -0.25) is 14.3 Å². The Balaban J connectivity index is 1.63. The van der Waals surface area contributed by atoms with E-state index in [1.54, 1.807) is 6.92 Å². The van der Waals surface area contributed by atoms with Crippen molar-refractivity contribution in [1.29, 1.82) is 0 Å². The molecule has 6 nitrogen and oxygen atoms in total. The van der Waals surface area contributed by atoms with E-state index in [4.69, 9.17) is 0 Å². The van der Waals surface area contributed by atoms with Gasteiger partial charge in [-0.25, -0.2) is 0 Å². The Morgan fingerprint density at radius 1 is 1.16 bits per heavy atom. The van der Waals surface area contributed by atoms with Gasteiger partial charge in [0.05, 0.1) is 11.7 Å². The molecule has 2 saturated heterocycles. The first-order valence-electron chi connectivity index (χ1n) is 9.53. The monoisotopic (exact) mass is 346 g/mol. The van der Waals surface area contributed by atoms with Gasteiger partial charge in [0.1, 0.15) is 0 Å². The van der Waals surface area contributed by atoms with Crippen LogP contribution in [0.5, 0.6) is 0 Å². The molecule has 25 heavy (non-hydrogen) atoms. The minimum Gasteiger partial charge on any atom is -0.340 e. The molecule has 0 aliphatic carbocycles. The van der Waals surface area contributed by atoms with Crippen molar-refractivity contribution in [3.8, 4) is 0 Å². The molecule has 0 bridgehead atoms. The first kappa shape index (κ1) is 18.0. The predicted molar refractivity (Wildman–Crippen MR) is 96.2 cm³/mol. The minimum atomic E-state index is 0.0767. The summed E-state index contributed by atoms with van der Waals surface area (Å²) in [5.74, 6) is 0.279. The Hall–Kier alpha value is -1.85. The van der Waals surface area contributed by atoms with Crippen LogP contribution < -0.4 is 0 Å². The van der Waals surface area contributed by atoms with Gasteiger partial charge in [-0.15, -0.1) is 0 Å². The molecule has 3 heterocycles. The van der Waals surface area contributed by atoms with E-state index in [0.29, 0.717) is 6.42 Å². The Kier molecular flexibility index (Phi) is 5.45. The number of hydrogen-bond donors (Lipinski definition) is 0.